The third-order valence-electron chi connectivity index (χ3n) is 1.27. The van der Waals surface area contributed by atoms with Gasteiger partial charge in [-0.15, -0.1) is 0 Å². The van der Waals surface area contributed by atoms with Gasteiger partial charge in [-0.2, -0.15) is 0 Å². The lowest BCUT2D eigenvalue weighted by atomic mass is 10.3. The van der Waals surface area contributed by atoms with Gasteiger partial charge >= 0.3 is 0 Å². The van der Waals surface area contributed by atoms with Gasteiger partial charge in [0.2, 0.25) is 11.8 Å². The van der Waals surface area contributed by atoms with Gasteiger partial charge in [0.1, 0.15) is 6.04 Å². The third kappa shape index (κ3) is 5.13. The summed E-state index contributed by atoms with van der Waals surface area (Å²) >= 11 is 0. The summed E-state index contributed by atoms with van der Waals surface area (Å²) in [7, 11) is 1.39. The smallest absolute Gasteiger partial charge is 0.246 e. The Hall–Kier alpha value is -1.17. The molecular weight excluding hydrogens is 179 g/mol. The molecular formula is C7H13FN2O3. The van der Waals surface area contributed by atoms with Crippen LogP contribution in [0, 0.1) is 0 Å². The minimum absolute atomic E-state index is 0.0193. The quantitative estimate of drug-likeness (QED) is 0.559. The van der Waals surface area contributed by atoms with Crippen molar-refractivity contribution in [3.63, 3.8) is 0 Å². The first-order valence-electron chi connectivity index (χ1n) is 3.71. The van der Waals surface area contributed by atoms with E-state index < -0.39 is 18.7 Å². The Balaban J connectivity index is 4.06. The van der Waals surface area contributed by atoms with Crippen LogP contribution in [0.5, 0.6) is 0 Å². The van der Waals surface area contributed by atoms with Gasteiger partial charge in [0.05, 0.1) is 6.61 Å². The highest BCUT2D eigenvalue weighted by molar-refractivity contribution is 5.86. The summed E-state index contributed by atoms with van der Waals surface area (Å²) in [6, 6.07) is -0.835. The molecule has 0 aliphatic rings. The molecule has 0 aromatic rings. The number of carbonyl (C=O) groups is 2. The van der Waals surface area contributed by atoms with Crippen molar-refractivity contribution in [2.75, 3.05) is 20.5 Å². The third-order valence-corrected chi connectivity index (χ3v) is 1.27. The van der Waals surface area contributed by atoms with Crippen LogP contribution in [0.4, 0.5) is 4.39 Å². The predicted molar refractivity (Wildman–Crippen MR) is 43.6 cm³/mol. The first kappa shape index (κ1) is 11.8. The molecule has 5 nitrogen and oxygen atoms in total. The lowest BCUT2D eigenvalue weighted by molar-refractivity contribution is -0.129. The Morgan fingerprint density at radius 3 is 2.54 bits per heavy atom. The fourth-order valence-electron chi connectivity index (χ4n) is 0.784. The number of amides is 2. The number of methoxy groups -OCH3 is 1. The lowest BCUT2D eigenvalue weighted by Gasteiger charge is -2.14. The van der Waals surface area contributed by atoms with Crippen LogP contribution in [0.2, 0.25) is 0 Å². The van der Waals surface area contributed by atoms with Gasteiger partial charge in [-0.3, -0.25) is 9.59 Å². The van der Waals surface area contributed by atoms with E-state index >= 15 is 0 Å². The van der Waals surface area contributed by atoms with Gasteiger partial charge in [-0.05, 0) is 0 Å². The molecule has 0 aromatic carbocycles. The SMILES string of the molecule is COCC(NC(C)=O)C(=O)NCF. The Morgan fingerprint density at radius 1 is 1.54 bits per heavy atom. The van der Waals surface area contributed by atoms with Crippen LogP contribution in [0.1, 0.15) is 6.92 Å². The number of carbonyl (C=O) groups excluding carboxylic acids is 2. The Labute approximate surface area is 75.6 Å². The Kier molecular flexibility index (Phi) is 5.79. The fraction of sp³-hybridized carbons (Fsp3) is 0.714. The molecule has 6 heteroatoms. The summed E-state index contributed by atoms with van der Waals surface area (Å²) in [5.41, 5.74) is 0. The first-order valence-corrected chi connectivity index (χ1v) is 3.71. The largest absolute Gasteiger partial charge is 0.382 e. The molecule has 76 valence electrons. The van der Waals surface area contributed by atoms with E-state index in [4.69, 9.17) is 0 Å². The summed E-state index contributed by atoms with van der Waals surface area (Å²) < 4.78 is 16.4. The van der Waals surface area contributed by atoms with E-state index in [0.29, 0.717) is 0 Å². The molecule has 0 bridgehead atoms. The van der Waals surface area contributed by atoms with Gasteiger partial charge < -0.3 is 15.4 Å². The maximum Gasteiger partial charge on any atom is 0.246 e. The molecule has 1 unspecified atom stereocenters. The van der Waals surface area contributed by atoms with E-state index in [1.54, 1.807) is 0 Å². The van der Waals surface area contributed by atoms with Crippen LogP contribution in [0.25, 0.3) is 0 Å². The predicted octanol–water partition coefficient (Wildman–Crippen LogP) is -0.819. The second kappa shape index (κ2) is 6.36. The summed E-state index contributed by atoms with van der Waals surface area (Å²) in [5.74, 6) is -0.962. The van der Waals surface area contributed by atoms with Crippen LogP contribution in [-0.2, 0) is 14.3 Å². The highest BCUT2D eigenvalue weighted by Crippen LogP contribution is 1.86. The average molecular weight is 192 g/mol. The molecule has 0 aromatic heterocycles. The monoisotopic (exact) mass is 192 g/mol. The standard InChI is InChI=1S/C7H13FN2O3/c1-5(11)10-6(3-13-2)7(12)9-4-8/h6H,3-4H2,1-2H3,(H,9,12)(H,10,11). The van der Waals surface area contributed by atoms with Crippen molar-refractivity contribution >= 4 is 11.8 Å². The van der Waals surface area contributed by atoms with Crippen LogP contribution in [0.15, 0.2) is 0 Å². The van der Waals surface area contributed by atoms with Crippen LogP contribution in [0.3, 0.4) is 0 Å². The zero-order valence-corrected chi connectivity index (χ0v) is 7.59. The molecule has 0 rings (SSSR count). The van der Waals surface area contributed by atoms with Gasteiger partial charge in [-0.25, -0.2) is 4.39 Å². The molecule has 0 fully saturated rings. The van der Waals surface area contributed by atoms with Crippen LogP contribution in [-0.4, -0.2) is 38.4 Å². The average Bonchev–Trinajstić information content (AvgIpc) is 2.03. The summed E-state index contributed by atoms with van der Waals surface area (Å²) in [6.07, 6.45) is 0. The van der Waals surface area contributed by atoms with E-state index in [1.807, 2.05) is 5.32 Å². The van der Waals surface area contributed by atoms with Gasteiger partial charge in [-0.1, -0.05) is 0 Å². The molecule has 0 aliphatic heterocycles. The molecule has 2 amide bonds. The van der Waals surface area contributed by atoms with Gasteiger partial charge in [0, 0.05) is 14.0 Å². The zero-order chi connectivity index (χ0) is 10.3. The zero-order valence-electron chi connectivity index (χ0n) is 7.59. The lowest BCUT2D eigenvalue weighted by Crippen LogP contribution is -2.48. The van der Waals surface area contributed by atoms with Crippen molar-refractivity contribution in [1.82, 2.24) is 10.6 Å². The minimum atomic E-state index is -0.960. The van der Waals surface area contributed by atoms with Crippen molar-refractivity contribution in [3.05, 3.63) is 0 Å². The fourth-order valence-corrected chi connectivity index (χ4v) is 0.784. The summed E-state index contributed by atoms with van der Waals surface area (Å²) in [5, 5.41) is 4.26. The number of hydrogen-bond acceptors (Lipinski definition) is 3. The van der Waals surface area contributed by atoms with Crippen LogP contribution < -0.4 is 10.6 Å². The van der Waals surface area contributed by atoms with E-state index in [-0.39, 0.29) is 12.5 Å². The normalized spacial score (nSPS) is 11.9. The maximum absolute atomic E-state index is 11.7. The minimum Gasteiger partial charge on any atom is -0.382 e. The van der Waals surface area contributed by atoms with E-state index in [9.17, 15) is 14.0 Å². The second-order valence-electron chi connectivity index (χ2n) is 2.38. The van der Waals surface area contributed by atoms with E-state index in [1.165, 1.54) is 14.0 Å². The number of nitrogens with one attached hydrogen (secondary N) is 2. The first-order chi connectivity index (χ1) is 6.11. The number of ether oxygens (including phenoxy) is 1. The number of halogens is 1. The van der Waals surface area contributed by atoms with Crippen LogP contribution >= 0.6 is 0 Å². The van der Waals surface area contributed by atoms with Crippen molar-refractivity contribution in [2.24, 2.45) is 0 Å². The molecule has 0 aliphatic carbocycles. The highest BCUT2D eigenvalue weighted by Gasteiger charge is 2.18. The second-order valence-corrected chi connectivity index (χ2v) is 2.38. The van der Waals surface area contributed by atoms with Crippen molar-refractivity contribution < 1.29 is 18.7 Å². The van der Waals surface area contributed by atoms with Gasteiger partial charge in [0.25, 0.3) is 0 Å². The number of hydrogen-bond donors (Lipinski definition) is 2. The number of rotatable bonds is 5. The summed E-state index contributed by atoms with van der Waals surface area (Å²) in [4.78, 5) is 21.6. The van der Waals surface area contributed by atoms with E-state index in [2.05, 4.69) is 10.1 Å². The van der Waals surface area contributed by atoms with E-state index in [0.717, 1.165) is 0 Å². The van der Waals surface area contributed by atoms with Gasteiger partial charge in [0.15, 0.2) is 6.80 Å². The molecule has 2 N–H and O–H groups in total. The van der Waals surface area contributed by atoms with Crippen molar-refractivity contribution in [3.8, 4) is 0 Å². The molecule has 0 spiro atoms. The Bertz CT molecular complexity index is 187. The summed E-state index contributed by atoms with van der Waals surface area (Å²) in [6.45, 7) is 0.329. The Morgan fingerprint density at radius 2 is 2.15 bits per heavy atom. The van der Waals surface area contributed by atoms with Crippen molar-refractivity contribution in [1.29, 1.82) is 0 Å². The molecule has 0 heterocycles. The highest BCUT2D eigenvalue weighted by atomic mass is 19.1. The molecule has 0 radical (unpaired) electrons. The maximum atomic E-state index is 11.7. The molecule has 1 atom stereocenters. The molecule has 13 heavy (non-hydrogen) atoms. The van der Waals surface area contributed by atoms with Crippen molar-refractivity contribution in [2.45, 2.75) is 13.0 Å². The molecule has 0 saturated carbocycles. The molecule has 0 saturated heterocycles. The topological polar surface area (TPSA) is 67.4 Å². The number of alkyl halides is 1.